The van der Waals surface area contributed by atoms with Gasteiger partial charge < -0.3 is 10.2 Å². The zero-order valence-electron chi connectivity index (χ0n) is 13.0. The second-order valence-corrected chi connectivity index (χ2v) is 5.75. The lowest BCUT2D eigenvalue weighted by molar-refractivity contribution is 0.0953. The Kier molecular flexibility index (Phi) is 4.42. The minimum absolute atomic E-state index is 0.0138. The molecule has 1 aliphatic heterocycles. The van der Waals surface area contributed by atoms with E-state index in [2.05, 4.69) is 53.5 Å². The van der Waals surface area contributed by atoms with Gasteiger partial charge in [0.15, 0.2) is 0 Å². The molecular formula is C19H22N2O. The average Bonchev–Trinajstić information content (AvgIpc) is 2.96. The summed E-state index contributed by atoms with van der Waals surface area (Å²) < 4.78 is 0. The first kappa shape index (κ1) is 14.6. The van der Waals surface area contributed by atoms with Gasteiger partial charge in [-0.25, -0.2) is 0 Å². The number of fused-ring (bicyclic) bond motifs is 1. The van der Waals surface area contributed by atoms with E-state index < -0.39 is 0 Å². The number of hydrogen-bond acceptors (Lipinski definition) is 2. The van der Waals surface area contributed by atoms with Gasteiger partial charge in [-0.1, -0.05) is 37.3 Å². The molecule has 114 valence electrons. The number of amides is 1. The first-order valence-corrected chi connectivity index (χ1v) is 7.98. The predicted molar refractivity (Wildman–Crippen MR) is 90.3 cm³/mol. The van der Waals surface area contributed by atoms with Gasteiger partial charge in [0.1, 0.15) is 0 Å². The van der Waals surface area contributed by atoms with Crippen LogP contribution in [0.25, 0.3) is 0 Å². The fourth-order valence-electron chi connectivity index (χ4n) is 2.89. The third-order valence-corrected chi connectivity index (χ3v) is 4.11. The maximum absolute atomic E-state index is 11.9. The van der Waals surface area contributed by atoms with Gasteiger partial charge in [-0.05, 0) is 42.2 Å². The molecule has 0 radical (unpaired) electrons. The Hall–Kier alpha value is -2.29. The molecule has 0 fully saturated rings. The van der Waals surface area contributed by atoms with E-state index in [0.29, 0.717) is 0 Å². The van der Waals surface area contributed by atoms with Crippen molar-refractivity contribution in [3.63, 3.8) is 0 Å². The fraction of sp³-hybridized carbons (Fsp3) is 0.316. The molecule has 1 amide bonds. The van der Waals surface area contributed by atoms with E-state index in [0.717, 1.165) is 38.0 Å². The third-order valence-electron chi connectivity index (χ3n) is 4.11. The van der Waals surface area contributed by atoms with Crippen LogP contribution in [-0.2, 0) is 13.0 Å². The Balaban J connectivity index is 1.66. The maximum atomic E-state index is 11.9. The molecular weight excluding hydrogens is 272 g/mol. The monoisotopic (exact) mass is 294 g/mol. The zero-order valence-corrected chi connectivity index (χ0v) is 13.0. The maximum Gasteiger partial charge on any atom is 0.251 e. The van der Waals surface area contributed by atoms with Gasteiger partial charge in [0.25, 0.3) is 5.91 Å². The summed E-state index contributed by atoms with van der Waals surface area (Å²) >= 11 is 0. The van der Waals surface area contributed by atoms with Crippen molar-refractivity contribution in [1.82, 2.24) is 5.32 Å². The largest absolute Gasteiger partial charge is 0.367 e. The molecule has 2 aromatic carbocycles. The summed E-state index contributed by atoms with van der Waals surface area (Å²) in [5.74, 6) is 0.0138. The average molecular weight is 294 g/mol. The van der Waals surface area contributed by atoms with Crippen molar-refractivity contribution < 1.29 is 4.79 Å². The van der Waals surface area contributed by atoms with E-state index in [1.165, 1.54) is 16.8 Å². The van der Waals surface area contributed by atoms with Crippen LogP contribution in [0.5, 0.6) is 0 Å². The summed E-state index contributed by atoms with van der Waals surface area (Å²) in [6.45, 7) is 4.74. The van der Waals surface area contributed by atoms with E-state index >= 15 is 0 Å². The molecule has 0 saturated heterocycles. The van der Waals surface area contributed by atoms with Gasteiger partial charge in [-0.15, -0.1) is 0 Å². The minimum Gasteiger partial charge on any atom is -0.367 e. The molecule has 3 heteroatoms. The van der Waals surface area contributed by atoms with E-state index in [4.69, 9.17) is 0 Å². The first-order valence-electron chi connectivity index (χ1n) is 7.98. The van der Waals surface area contributed by atoms with Crippen LogP contribution in [0.2, 0.25) is 0 Å². The van der Waals surface area contributed by atoms with Gasteiger partial charge in [0, 0.05) is 30.9 Å². The number of para-hydroxylation sites is 1. The number of nitrogens with zero attached hydrogens (tertiary/aromatic N) is 1. The van der Waals surface area contributed by atoms with Crippen LogP contribution >= 0.6 is 0 Å². The Bertz CT molecular complexity index is 649. The highest BCUT2D eigenvalue weighted by atomic mass is 16.1. The molecule has 0 saturated carbocycles. The lowest BCUT2D eigenvalue weighted by atomic mass is 10.1. The van der Waals surface area contributed by atoms with Crippen molar-refractivity contribution >= 4 is 11.6 Å². The summed E-state index contributed by atoms with van der Waals surface area (Å²) in [7, 11) is 0. The van der Waals surface area contributed by atoms with Gasteiger partial charge >= 0.3 is 0 Å². The standard InChI is InChI=1S/C19H22N2O/c1-2-12-20-19(22)17-9-7-15(8-10-17)14-21-13-11-16-5-3-4-6-18(16)21/h3-10H,2,11-14H2,1H3,(H,20,22). The number of carbonyl (C=O) groups excluding carboxylic acids is 1. The molecule has 1 aliphatic rings. The highest BCUT2D eigenvalue weighted by Crippen LogP contribution is 2.28. The molecule has 22 heavy (non-hydrogen) atoms. The summed E-state index contributed by atoms with van der Waals surface area (Å²) in [5.41, 5.74) is 4.74. The lowest BCUT2D eigenvalue weighted by Gasteiger charge is -2.19. The molecule has 0 bridgehead atoms. The molecule has 1 N–H and O–H groups in total. The molecule has 1 heterocycles. The second kappa shape index (κ2) is 6.65. The number of carbonyl (C=O) groups is 1. The molecule has 0 aromatic heterocycles. The van der Waals surface area contributed by atoms with Gasteiger partial charge in [0.05, 0.1) is 0 Å². The van der Waals surface area contributed by atoms with Crippen LogP contribution in [0.4, 0.5) is 5.69 Å². The van der Waals surface area contributed by atoms with E-state index in [1.807, 2.05) is 12.1 Å². The Morgan fingerprint density at radius 1 is 1.14 bits per heavy atom. The fourth-order valence-corrected chi connectivity index (χ4v) is 2.89. The van der Waals surface area contributed by atoms with Crippen LogP contribution in [-0.4, -0.2) is 19.0 Å². The van der Waals surface area contributed by atoms with Crippen LogP contribution in [0, 0.1) is 0 Å². The summed E-state index contributed by atoms with van der Waals surface area (Å²) in [6.07, 6.45) is 2.08. The van der Waals surface area contributed by atoms with Crippen molar-refractivity contribution in [3.8, 4) is 0 Å². The SMILES string of the molecule is CCCNC(=O)c1ccc(CN2CCc3ccccc32)cc1. The second-order valence-electron chi connectivity index (χ2n) is 5.75. The molecule has 0 aliphatic carbocycles. The van der Waals surface area contributed by atoms with Crippen molar-refractivity contribution in [1.29, 1.82) is 0 Å². The number of nitrogens with one attached hydrogen (secondary N) is 1. The number of hydrogen-bond donors (Lipinski definition) is 1. The van der Waals surface area contributed by atoms with Crippen molar-refractivity contribution in [2.75, 3.05) is 18.0 Å². The van der Waals surface area contributed by atoms with Crippen LogP contribution in [0.1, 0.15) is 34.8 Å². The third kappa shape index (κ3) is 3.14. The number of rotatable bonds is 5. The van der Waals surface area contributed by atoms with Crippen molar-refractivity contribution in [3.05, 3.63) is 65.2 Å². The molecule has 3 rings (SSSR count). The molecule has 3 nitrogen and oxygen atoms in total. The molecule has 0 spiro atoms. The Morgan fingerprint density at radius 3 is 2.68 bits per heavy atom. The summed E-state index contributed by atoms with van der Waals surface area (Å²) in [4.78, 5) is 14.3. The summed E-state index contributed by atoms with van der Waals surface area (Å²) in [5, 5.41) is 2.90. The van der Waals surface area contributed by atoms with Crippen LogP contribution < -0.4 is 10.2 Å². The van der Waals surface area contributed by atoms with E-state index in [9.17, 15) is 4.79 Å². The highest BCUT2D eigenvalue weighted by molar-refractivity contribution is 5.94. The molecule has 0 unspecified atom stereocenters. The van der Waals surface area contributed by atoms with Gasteiger partial charge in [-0.2, -0.15) is 0 Å². The quantitative estimate of drug-likeness (QED) is 0.916. The topological polar surface area (TPSA) is 32.3 Å². The van der Waals surface area contributed by atoms with Crippen LogP contribution in [0.15, 0.2) is 48.5 Å². The van der Waals surface area contributed by atoms with Crippen LogP contribution in [0.3, 0.4) is 0 Å². The van der Waals surface area contributed by atoms with E-state index in [-0.39, 0.29) is 5.91 Å². The van der Waals surface area contributed by atoms with Gasteiger partial charge in [-0.3, -0.25) is 4.79 Å². The van der Waals surface area contributed by atoms with Crippen molar-refractivity contribution in [2.45, 2.75) is 26.3 Å². The number of benzene rings is 2. The molecule has 0 atom stereocenters. The number of anilines is 1. The van der Waals surface area contributed by atoms with Crippen molar-refractivity contribution in [2.24, 2.45) is 0 Å². The Morgan fingerprint density at radius 2 is 1.91 bits per heavy atom. The normalized spacial score (nSPS) is 13.0. The lowest BCUT2D eigenvalue weighted by Crippen LogP contribution is -2.24. The smallest absolute Gasteiger partial charge is 0.251 e. The summed E-state index contributed by atoms with van der Waals surface area (Å²) in [6, 6.07) is 16.5. The zero-order chi connectivity index (χ0) is 15.4. The highest BCUT2D eigenvalue weighted by Gasteiger charge is 2.18. The first-order chi connectivity index (χ1) is 10.8. The Labute approximate surface area is 132 Å². The van der Waals surface area contributed by atoms with Gasteiger partial charge in [0.2, 0.25) is 0 Å². The molecule has 2 aromatic rings. The predicted octanol–water partition coefficient (Wildman–Crippen LogP) is 3.39. The minimum atomic E-state index is 0.0138. The van der Waals surface area contributed by atoms with E-state index in [1.54, 1.807) is 0 Å².